The number of alkyl carbamates (subject to hydrolysis) is 1. The van der Waals surface area contributed by atoms with Crippen molar-refractivity contribution in [3.63, 3.8) is 0 Å². The molecule has 0 aliphatic carbocycles. The fraction of sp³-hybridized carbons (Fsp3) is 0.462. The maximum Gasteiger partial charge on any atom is 0.407 e. The Morgan fingerprint density at radius 1 is 1.50 bits per heavy atom. The lowest BCUT2D eigenvalue weighted by atomic mass is 9.80. The van der Waals surface area contributed by atoms with Crippen molar-refractivity contribution in [2.24, 2.45) is 5.41 Å². The van der Waals surface area contributed by atoms with Gasteiger partial charge in [0.25, 0.3) is 0 Å². The summed E-state index contributed by atoms with van der Waals surface area (Å²) in [6.07, 6.45) is -0.395. The van der Waals surface area contributed by atoms with Crippen LogP contribution in [-0.2, 0) is 4.74 Å². The Kier molecular flexibility index (Phi) is 3.39. The summed E-state index contributed by atoms with van der Waals surface area (Å²) in [5.41, 5.74) is 0.769. The monoisotopic (exact) mass is 269 g/mol. The predicted octanol–water partition coefficient (Wildman–Crippen LogP) is 3.16. The molecule has 18 heavy (non-hydrogen) atoms. The van der Waals surface area contributed by atoms with Gasteiger partial charge in [0, 0.05) is 5.41 Å². The Morgan fingerprint density at radius 3 is 2.89 bits per heavy atom. The molecule has 0 unspecified atom stereocenters. The van der Waals surface area contributed by atoms with Crippen LogP contribution in [0.4, 0.5) is 4.79 Å². The average Bonchev–Trinajstić information content (AvgIpc) is 2.33. The molecule has 2 rings (SSSR count). The maximum atomic E-state index is 11.4. The van der Waals surface area contributed by atoms with Crippen molar-refractivity contribution < 1.29 is 14.3 Å². The van der Waals surface area contributed by atoms with E-state index in [9.17, 15) is 4.79 Å². The fourth-order valence-electron chi connectivity index (χ4n) is 2.08. The number of hydrogen-bond donors (Lipinski definition) is 1. The number of methoxy groups -OCH3 is 1. The third-order valence-electron chi connectivity index (χ3n) is 3.13. The summed E-state index contributed by atoms with van der Waals surface area (Å²) in [4.78, 5) is 11.4. The van der Waals surface area contributed by atoms with E-state index in [2.05, 4.69) is 5.32 Å². The first-order valence-corrected chi connectivity index (χ1v) is 6.08. The number of amides is 1. The molecule has 1 N–H and O–H groups in total. The highest BCUT2D eigenvalue weighted by Gasteiger charge is 2.38. The molecule has 0 radical (unpaired) electrons. The number of rotatable bonds is 2. The third-order valence-corrected chi connectivity index (χ3v) is 3.44. The van der Waals surface area contributed by atoms with Gasteiger partial charge in [0.15, 0.2) is 0 Å². The minimum atomic E-state index is -0.395. The van der Waals surface area contributed by atoms with Gasteiger partial charge in [-0.1, -0.05) is 31.5 Å². The molecule has 1 aliphatic heterocycles. The molecule has 1 amide bonds. The van der Waals surface area contributed by atoms with E-state index in [-0.39, 0.29) is 11.5 Å². The number of carbonyl (C=O) groups excluding carboxylic acids is 1. The zero-order chi connectivity index (χ0) is 13.3. The molecule has 1 aliphatic rings. The largest absolute Gasteiger partial charge is 0.495 e. The summed E-state index contributed by atoms with van der Waals surface area (Å²) in [6, 6.07) is 5.39. The van der Waals surface area contributed by atoms with Crippen molar-refractivity contribution >= 4 is 17.7 Å². The summed E-state index contributed by atoms with van der Waals surface area (Å²) in [5.74, 6) is 0.603. The number of benzene rings is 1. The highest BCUT2D eigenvalue weighted by atomic mass is 35.5. The Hall–Kier alpha value is -1.42. The Morgan fingerprint density at radius 2 is 2.22 bits per heavy atom. The number of halogens is 1. The lowest BCUT2D eigenvalue weighted by Gasteiger charge is -2.38. The molecule has 0 bridgehead atoms. The predicted molar refractivity (Wildman–Crippen MR) is 69.0 cm³/mol. The second-order valence-corrected chi connectivity index (χ2v) is 5.44. The minimum absolute atomic E-state index is 0.120. The summed E-state index contributed by atoms with van der Waals surface area (Å²) >= 11 is 6.00. The molecule has 0 aromatic heterocycles. The van der Waals surface area contributed by atoms with E-state index >= 15 is 0 Å². The second-order valence-electron chi connectivity index (χ2n) is 5.04. The molecule has 5 heteroatoms. The van der Waals surface area contributed by atoms with Crippen molar-refractivity contribution in [1.29, 1.82) is 0 Å². The van der Waals surface area contributed by atoms with Gasteiger partial charge in [-0.2, -0.15) is 0 Å². The van der Waals surface area contributed by atoms with E-state index in [4.69, 9.17) is 21.1 Å². The van der Waals surface area contributed by atoms with Gasteiger partial charge in [-0.05, 0) is 17.7 Å². The lowest BCUT2D eigenvalue weighted by molar-refractivity contribution is 0.0387. The fourth-order valence-corrected chi connectivity index (χ4v) is 2.27. The third kappa shape index (κ3) is 2.38. The second kappa shape index (κ2) is 4.69. The van der Waals surface area contributed by atoms with Crippen LogP contribution in [0.3, 0.4) is 0 Å². The van der Waals surface area contributed by atoms with Gasteiger partial charge < -0.3 is 14.8 Å². The van der Waals surface area contributed by atoms with Gasteiger partial charge in [0.05, 0.1) is 18.2 Å². The topological polar surface area (TPSA) is 47.6 Å². The zero-order valence-corrected chi connectivity index (χ0v) is 11.4. The van der Waals surface area contributed by atoms with Crippen LogP contribution in [0.5, 0.6) is 5.75 Å². The smallest absolute Gasteiger partial charge is 0.407 e. The van der Waals surface area contributed by atoms with Gasteiger partial charge in [-0.25, -0.2) is 4.79 Å². The summed E-state index contributed by atoms with van der Waals surface area (Å²) in [7, 11) is 1.57. The standard InChI is InChI=1S/C13H16ClNO3/c1-13(2)7-18-12(16)15-11(13)8-4-5-9(14)10(6-8)17-3/h4-6,11H,7H2,1-3H3,(H,15,16)/t11-/m0/s1. The van der Waals surface area contributed by atoms with Gasteiger partial charge in [0.2, 0.25) is 0 Å². The van der Waals surface area contributed by atoms with Crippen LogP contribution in [0.2, 0.25) is 5.02 Å². The van der Waals surface area contributed by atoms with Crippen LogP contribution in [0.15, 0.2) is 18.2 Å². The lowest BCUT2D eigenvalue weighted by Crippen LogP contribution is -2.46. The summed E-state index contributed by atoms with van der Waals surface area (Å²) < 4.78 is 10.2. The molecule has 1 heterocycles. The van der Waals surface area contributed by atoms with Crippen LogP contribution in [-0.4, -0.2) is 19.8 Å². The Bertz CT molecular complexity index is 473. The van der Waals surface area contributed by atoms with Crippen LogP contribution in [0.1, 0.15) is 25.5 Å². The number of nitrogens with one attached hydrogen (secondary N) is 1. The number of carbonyl (C=O) groups is 1. The number of cyclic esters (lactones) is 1. The normalized spacial score (nSPS) is 22.0. The summed E-state index contributed by atoms with van der Waals surface area (Å²) in [6.45, 7) is 4.46. The van der Waals surface area contributed by atoms with Crippen LogP contribution in [0.25, 0.3) is 0 Å². The van der Waals surface area contributed by atoms with E-state index in [0.29, 0.717) is 17.4 Å². The number of ether oxygens (including phenoxy) is 2. The molecule has 1 saturated heterocycles. The van der Waals surface area contributed by atoms with E-state index < -0.39 is 6.09 Å². The van der Waals surface area contributed by atoms with Crippen molar-refractivity contribution in [3.8, 4) is 5.75 Å². The van der Waals surface area contributed by atoms with Crippen molar-refractivity contribution in [2.45, 2.75) is 19.9 Å². The first-order valence-electron chi connectivity index (χ1n) is 5.71. The van der Waals surface area contributed by atoms with Crippen molar-refractivity contribution in [2.75, 3.05) is 13.7 Å². The molecule has 98 valence electrons. The molecule has 0 saturated carbocycles. The zero-order valence-electron chi connectivity index (χ0n) is 10.6. The first kappa shape index (κ1) is 13.0. The van der Waals surface area contributed by atoms with E-state index in [1.54, 1.807) is 13.2 Å². The average molecular weight is 270 g/mol. The SMILES string of the molecule is COc1cc([C@@H]2NC(=O)OCC2(C)C)ccc1Cl. The number of hydrogen-bond acceptors (Lipinski definition) is 3. The maximum absolute atomic E-state index is 11.4. The highest BCUT2D eigenvalue weighted by Crippen LogP contribution is 2.38. The molecule has 4 nitrogen and oxygen atoms in total. The molecular formula is C13H16ClNO3. The van der Waals surface area contributed by atoms with Crippen molar-refractivity contribution in [1.82, 2.24) is 5.32 Å². The molecule has 1 aromatic carbocycles. The van der Waals surface area contributed by atoms with Crippen LogP contribution < -0.4 is 10.1 Å². The molecule has 0 spiro atoms. The van der Waals surface area contributed by atoms with Gasteiger partial charge >= 0.3 is 6.09 Å². The minimum Gasteiger partial charge on any atom is -0.495 e. The van der Waals surface area contributed by atoms with E-state index in [1.807, 2.05) is 26.0 Å². The van der Waals surface area contributed by atoms with E-state index in [0.717, 1.165) is 5.56 Å². The molecular weight excluding hydrogens is 254 g/mol. The van der Waals surface area contributed by atoms with Crippen LogP contribution >= 0.6 is 11.6 Å². The highest BCUT2D eigenvalue weighted by molar-refractivity contribution is 6.32. The molecule has 1 atom stereocenters. The first-order chi connectivity index (χ1) is 8.44. The van der Waals surface area contributed by atoms with Crippen LogP contribution in [0, 0.1) is 5.41 Å². The Balaban J connectivity index is 2.37. The van der Waals surface area contributed by atoms with Gasteiger partial charge in [0.1, 0.15) is 12.4 Å². The van der Waals surface area contributed by atoms with Gasteiger partial charge in [-0.15, -0.1) is 0 Å². The van der Waals surface area contributed by atoms with Gasteiger partial charge in [-0.3, -0.25) is 0 Å². The quantitative estimate of drug-likeness (QED) is 0.897. The van der Waals surface area contributed by atoms with E-state index in [1.165, 1.54) is 0 Å². The Labute approximate surface area is 111 Å². The molecule has 1 fully saturated rings. The van der Waals surface area contributed by atoms with Crippen molar-refractivity contribution in [3.05, 3.63) is 28.8 Å². The summed E-state index contributed by atoms with van der Waals surface area (Å²) in [5, 5.41) is 3.39. The molecule has 1 aromatic rings.